The highest BCUT2D eigenvalue weighted by atomic mass is 32.2. The number of methoxy groups -OCH3 is 2. The van der Waals surface area contributed by atoms with E-state index < -0.39 is 0 Å². The predicted octanol–water partition coefficient (Wildman–Crippen LogP) is 3.15. The summed E-state index contributed by atoms with van der Waals surface area (Å²) in [5.41, 5.74) is 0.758. The van der Waals surface area contributed by atoms with E-state index >= 15 is 0 Å². The van der Waals surface area contributed by atoms with Gasteiger partial charge in [-0.15, -0.1) is 0 Å². The monoisotopic (exact) mass is 307 g/mol. The Labute approximate surface area is 127 Å². The van der Waals surface area contributed by atoms with Crippen LogP contribution in [0.3, 0.4) is 0 Å². The van der Waals surface area contributed by atoms with E-state index in [0.29, 0.717) is 22.9 Å². The second-order valence-corrected chi connectivity index (χ2v) is 5.47. The van der Waals surface area contributed by atoms with Crippen molar-refractivity contribution in [2.75, 3.05) is 20.8 Å². The number of carbonyl (C=O) groups excluding carboxylic acids is 2. The quantitative estimate of drug-likeness (QED) is 0.782. The van der Waals surface area contributed by atoms with Gasteiger partial charge >= 0.3 is 0 Å². The normalized spacial score (nSPS) is 16.7. The lowest BCUT2D eigenvalue weighted by Crippen LogP contribution is -2.28. The van der Waals surface area contributed by atoms with Crippen molar-refractivity contribution in [1.29, 1.82) is 0 Å². The molecule has 1 heterocycles. The standard InChI is InChI=1S/C15H17NO4S/c1-4-5-16-14(17)13(21-15(16)18)8-10-6-11(19-2)9-12(7-10)20-3/h6-9H,4-5H2,1-3H3/b13-8+. The van der Waals surface area contributed by atoms with E-state index in [-0.39, 0.29) is 11.1 Å². The number of hydrogen-bond acceptors (Lipinski definition) is 5. The molecule has 0 aromatic heterocycles. The summed E-state index contributed by atoms with van der Waals surface area (Å²) < 4.78 is 10.4. The molecular weight excluding hydrogens is 290 g/mol. The van der Waals surface area contributed by atoms with E-state index in [4.69, 9.17) is 9.47 Å². The highest BCUT2D eigenvalue weighted by Crippen LogP contribution is 2.33. The van der Waals surface area contributed by atoms with Crippen molar-refractivity contribution in [2.24, 2.45) is 0 Å². The Morgan fingerprint density at radius 1 is 1.14 bits per heavy atom. The van der Waals surface area contributed by atoms with E-state index in [1.807, 2.05) is 6.92 Å². The minimum Gasteiger partial charge on any atom is -0.497 e. The van der Waals surface area contributed by atoms with Gasteiger partial charge in [0.1, 0.15) is 11.5 Å². The lowest BCUT2D eigenvalue weighted by Gasteiger charge is -2.09. The summed E-state index contributed by atoms with van der Waals surface area (Å²) in [5, 5.41) is -0.219. The number of amides is 2. The SMILES string of the molecule is CCCN1C(=O)S/C(=C/c2cc(OC)cc(OC)c2)C1=O. The maximum Gasteiger partial charge on any atom is 0.293 e. The summed E-state index contributed by atoms with van der Waals surface area (Å²) in [5.74, 6) is 1.02. The van der Waals surface area contributed by atoms with Gasteiger partial charge in [-0.25, -0.2) is 0 Å². The van der Waals surface area contributed by atoms with E-state index in [2.05, 4.69) is 0 Å². The van der Waals surface area contributed by atoms with Gasteiger partial charge in [-0.1, -0.05) is 6.92 Å². The molecule has 0 bridgehead atoms. The number of imide groups is 1. The average Bonchev–Trinajstić information content (AvgIpc) is 2.74. The molecule has 2 rings (SSSR count). The first-order chi connectivity index (χ1) is 10.1. The van der Waals surface area contributed by atoms with Crippen LogP contribution in [0.5, 0.6) is 11.5 Å². The van der Waals surface area contributed by atoms with Crippen molar-refractivity contribution in [2.45, 2.75) is 13.3 Å². The largest absolute Gasteiger partial charge is 0.497 e. The number of hydrogen-bond donors (Lipinski definition) is 0. The summed E-state index contributed by atoms with van der Waals surface area (Å²) in [6, 6.07) is 5.33. The zero-order valence-electron chi connectivity index (χ0n) is 12.2. The van der Waals surface area contributed by atoms with Crippen LogP contribution in [0.15, 0.2) is 23.1 Å². The third-order valence-corrected chi connectivity index (χ3v) is 3.90. The Hall–Kier alpha value is -1.95. The average molecular weight is 307 g/mol. The molecule has 1 fully saturated rings. The van der Waals surface area contributed by atoms with Crippen LogP contribution in [0.4, 0.5) is 4.79 Å². The maximum atomic E-state index is 12.2. The van der Waals surface area contributed by atoms with Gasteiger partial charge in [-0.2, -0.15) is 0 Å². The van der Waals surface area contributed by atoms with Crippen LogP contribution in [0.2, 0.25) is 0 Å². The van der Waals surface area contributed by atoms with Crippen molar-refractivity contribution in [3.05, 3.63) is 28.7 Å². The smallest absolute Gasteiger partial charge is 0.293 e. The Kier molecular flexibility index (Phi) is 4.90. The van der Waals surface area contributed by atoms with Crippen LogP contribution < -0.4 is 9.47 Å². The van der Waals surface area contributed by atoms with Crippen molar-refractivity contribution >= 4 is 29.0 Å². The number of rotatable bonds is 5. The van der Waals surface area contributed by atoms with Crippen LogP contribution in [-0.4, -0.2) is 36.8 Å². The fourth-order valence-corrected chi connectivity index (χ4v) is 2.85. The van der Waals surface area contributed by atoms with Crippen molar-refractivity contribution in [3.8, 4) is 11.5 Å². The second-order valence-electron chi connectivity index (χ2n) is 4.48. The van der Waals surface area contributed by atoms with Crippen molar-refractivity contribution in [1.82, 2.24) is 4.90 Å². The van der Waals surface area contributed by atoms with Gasteiger partial charge in [0.2, 0.25) is 0 Å². The molecule has 0 aliphatic carbocycles. The summed E-state index contributed by atoms with van der Waals surface area (Å²) in [6.07, 6.45) is 2.43. The molecule has 0 spiro atoms. The molecule has 1 saturated heterocycles. The molecule has 1 aliphatic rings. The molecule has 0 saturated carbocycles. The number of thioether (sulfide) groups is 1. The van der Waals surface area contributed by atoms with Crippen LogP contribution in [0.25, 0.3) is 6.08 Å². The van der Waals surface area contributed by atoms with Gasteiger partial charge in [0.15, 0.2) is 0 Å². The molecule has 0 atom stereocenters. The lowest BCUT2D eigenvalue weighted by molar-refractivity contribution is -0.122. The Bertz CT molecular complexity index is 575. The number of carbonyl (C=O) groups is 2. The number of benzene rings is 1. The third-order valence-electron chi connectivity index (χ3n) is 2.99. The first-order valence-electron chi connectivity index (χ1n) is 6.57. The fraction of sp³-hybridized carbons (Fsp3) is 0.333. The van der Waals surface area contributed by atoms with Crippen LogP contribution >= 0.6 is 11.8 Å². The van der Waals surface area contributed by atoms with E-state index in [9.17, 15) is 9.59 Å². The van der Waals surface area contributed by atoms with Gasteiger partial charge in [-0.3, -0.25) is 14.5 Å². The molecule has 112 valence electrons. The molecule has 0 radical (unpaired) electrons. The Morgan fingerprint density at radius 3 is 2.29 bits per heavy atom. The first kappa shape index (κ1) is 15.4. The maximum absolute atomic E-state index is 12.2. The molecule has 0 N–H and O–H groups in total. The summed E-state index contributed by atoms with van der Waals surface area (Å²) >= 11 is 0.960. The third kappa shape index (κ3) is 3.39. The fourth-order valence-electron chi connectivity index (χ4n) is 1.98. The van der Waals surface area contributed by atoms with Gasteiger partial charge in [0.05, 0.1) is 19.1 Å². The Morgan fingerprint density at radius 2 is 1.76 bits per heavy atom. The van der Waals surface area contributed by atoms with Gasteiger partial charge < -0.3 is 9.47 Å². The minimum absolute atomic E-state index is 0.219. The summed E-state index contributed by atoms with van der Waals surface area (Å²) in [7, 11) is 3.13. The van der Waals surface area contributed by atoms with E-state index in [0.717, 1.165) is 23.7 Å². The van der Waals surface area contributed by atoms with Crippen LogP contribution in [-0.2, 0) is 4.79 Å². The van der Waals surface area contributed by atoms with E-state index in [1.54, 1.807) is 38.5 Å². The molecule has 1 aromatic rings. The highest BCUT2D eigenvalue weighted by Gasteiger charge is 2.34. The highest BCUT2D eigenvalue weighted by molar-refractivity contribution is 8.18. The van der Waals surface area contributed by atoms with Crippen LogP contribution in [0, 0.1) is 0 Å². The molecule has 0 unspecified atom stereocenters. The van der Waals surface area contributed by atoms with Gasteiger partial charge in [0.25, 0.3) is 11.1 Å². The molecule has 21 heavy (non-hydrogen) atoms. The zero-order chi connectivity index (χ0) is 15.4. The molecule has 1 aromatic carbocycles. The van der Waals surface area contributed by atoms with Gasteiger partial charge in [-0.05, 0) is 42.0 Å². The molecule has 1 aliphatic heterocycles. The molecule has 6 heteroatoms. The summed E-state index contributed by atoms with van der Waals surface area (Å²) in [6.45, 7) is 2.38. The van der Waals surface area contributed by atoms with Crippen molar-refractivity contribution < 1.29 is 19.1 Å². The summed E-state index contributed by atoms with van der Waals surface area (Å²) in [4.78, 5) is 25.7. The first-order valence-corrected chi connectivity index (χ1v) is 7.39. The van der Waals surface area contributed by atoms with Gasteiger partial charge in [0, 0.05) is 12.6 Å². The molecule has 2 amide bonds. The lowest BCUT2D eigenvalue weighted by atomic mass is 10.2. The second kappa shape index (κ2) is 6.67. The van der Waals surface area contributed by atoms with E-state index in [1.165, 1.54) is 4.90 Å². The molecular formula is C15H17NO4S. The zero-order valence-corrected chi connectivity index (χ0v) is 13.0. The minimum atomic E-state index is -0.242. The Balaban J connectivity index is 2.32. The topological polar surface area (TPSA) is 55.8 Å². The van der Waals surface area contributed by atoms with Crippen LogP contribution in [0.1, 0.15) is 18.9 Å². The number of ether oxygens (including phenoxy) is 2. The number of nitrogens with zero attached hydrogens (tertiary/aromatic N) is 1. The molecule has 5 nitrogen and oxygen atoms in total. The predicted molar refractivity (Wildman–Crippen MR) is 82.5 cm³/mol. The van der Waals surface area contributed by atoms with Crippen molar-refractivity contribution in [3.63, 3.8) is 0 Å².